The van der Waals surface area contributed by atoms with E-state index in [2.05, 4.69) is 5.32 Å². The van der Waals surface area contributed by atoms with Gasteiger partial charge in [0.1, 0.15) is 5.58 Å². The highest BCUT2D eigenvalue weighted by atomic mass is 16.3. The summed E-state index contributed by atoms with van der Waals surface area (Å²) in [4.78, 5) is 12.1. The fourth-order valence-electron chi connectivity index (χ4n) is 2.81. The van der Waals surface area contributed by atoms with Gasteiger partial charge in [-0.05, 0) is 43.7 Å². The summed E-state index contributed by atoms with van der Waals surface area (Å²) in [5.74, 6) is 0.804. The lowest BCUT2D eigenvalue weighted by atomic mass is 9.86. The fourth-order valence-corrected chi connectivity index (χ4v) is 2.81. The highest BCUT2D eigenvalue weighted by Crippen LogP contribution is 2.23. The van der Waals surface area contributed by atoms with Crippen molar-refractivity contribution >= 4 is 16.9 Å². The van der Waals surface area contributed by atoms with E-state index in [0.717, 1.165) is 36.7 Å². The molecule has 3 rings (SSSR count). The van der Waals surface area contributed by atoms with E-state index in [1.54, 1.807) is 6.07 Å². The molecule has 0 saturated heterocycles. The highest BCUT2D eigenvalue weighted by molar-refractivity contribution is 5.96. The number of carbonyl (C=O) groups excluding carboxylic acids is 1. The average molecular weight is 272 g/mol. The third-order valence-electron chi connectivity index (χ3n) is 4.09. The monoisotopic (exact) mass is 272 g/mol. The Balaban J connectivity index is 1.59. The molecule has 1 aliphatic rings. The van der Waals surface area contributed by atoms with Gasteiger partial charge in [-0.25, -0.2) is 0 Å². The van der Waals surface area contributed by atoms with Gasteiger partial charge >= 0.3 is 0 Å². The Morgan fingerprint density at radius 1 is 1.25 bits per heavy atom. The minimum Gasteiger partial charge on any atom is -0.451 e. The van der Waals surface area contributed by atoms with Gasteiger partial charge in [0.2, 0.25) is 0 Å². The van der Waals surface area contributed by atoms with E-state index < -0.39 is 0 Å². The first-order valence-corrected chi connectivity index (χ1v) is 7.25. The van der Waals surface area contributed by atoms with E-state index in [4.69, 9.17) is 10.2 Å². The number of rotatable bonds is 3. The van der Waals surface area contributed by atoms with Crippen LogP contribution in [0.4, 0.5) is 0 Å². The molecule has 1 aromatic heterocycles. The molecule has 0 aliphatic heterocycles. The first kappa shape index (κ1) is 13.2. The normalized spacial score (nSPS) is 22.9. The molecule has 3 N–H and O–H groups in total. The van der Waals surface area contributed by atoms with Gasteiger partial charge in [0.25, 0.3) is 5.91 Å². The van der Waals surface area contributed by atoms with Crippen LogP contribution in [0.2, 0.25) is 0 Å². The minimum absolute atomic E-state index is 0.129. The maximum Gasteiger partial charge on any atom is 0.287 e. The number of furan rings is 1. The number of hydrogen-bond acceptors (Lipinski definition) is 3. The molecule has 0 radical (unpaired) electrons. The van der Waals surface area contributed by atoms with Crippen molar-refractivity contribution in [2.75, 3.05) is 6.54 Å². The van der Waals surface area contributed by atoms with Crippen molar-refractivity contribution in [1.82, 2.24) is 5.32 Å². The van der Waals surface area contributed by atoms with Gasteiger partial charge in [-0.3, -0.25) is 4.79 Å². The second kappa shape index (κ2) is 5.67. The van der Waals surface area contributed by atoms with E-state index in [1.165, 1.54) is 0 Å². The number of fused-ring (bicyclic) bond motifs is 1. The molecule has 1 saturated carbocycles. The fraction of sp³-hybridized carbons (Fsp3) is 0.438. The minimum atomic E-state index is -0.129. The first-order chi connectivity index (χ1) is 9.72. The topological polar surface area (TPSA) is 68.3 Å². The number of amides is 1. The number of nitrogens with two attached hydrogens (primary N) is 1. The van der Waals surface area contributed by atoms with Crippen LogP contribution in [0.15, 0.2) is 34.7 Å². The van der Waals surface area contributed by atoms with E-state index in [-0.39, 0.29) is 5.91 Å². The summed E-state index contributed by atoms with van der Waals surface area (Å²) in [5, 5.41) is 3.93. The lowest BCUT2D eigenvalue weighted by molar-refractivity contribution is 0.0917. The Bertz CT molecular complexity index is 564. The van der Waals surface area contributed by atoms with Gasteiger partial charge in [0.05, 0.1) is 0 Å². The first-order valence-electron chi connectivity index (χ1n) is 7.25. The van der Waals surface area contributed by atoms with Crippen LogP contribution in [0.1, 0.15) is 36.2 Å². The second-order valence-electron chi connectivity index (χ2n) is 5.64. The van der Waals surface area contributed by atoms with Gasteiger partial charge in [0.15, 0.2) is 5.76 Å². The quantitative estimate of drug-likeness (QED) is 0.902. The predicted octanol–water partition coefficient (Wildman–Crippen LogP) is 2.68. The van der Waals surface area contributed by atoms with Crippen LogP contribution >= 0.6 is 0 Å². The Hall–Kier alpha value is -1.81. The summed E-state index contributed by atoms with van der Waals surface area (Å²) in [6.45, 7) is 0.711. The summed E-state index contributed by atoms with van der Waals surface area (Å²) < 4.78 is 5.55. The van der Waals surface area contributed by atoms with E-state index in [1.807, 2.05) is 24.3 Å². The van der Waals surface area contributed by atoms with Crippen molar-refractivity contribution in [3.63, 3.8) is 0 Å². The highest BCUT2D eigenvalue weighted by Gasteiger charge is 2.20. The van der Waals surface area contributed by atoms with Gasteiger partial charge in [-0.15, -0.1) is 0 Å². The Morgan fingerprint density at radius 2 is 2.00 bits per heavy atom. The largest absolute Gasteiger partial charge is 0.451 e. The van der Waals surface area contributed by atoms with Crippen molar-refractivity contribution in [2.45, 2.75) is 31.7 Å². The molecule has 1 fully saturated rings. The lowest BCUT2D eigenvalue weighted by Crippen LogP contribution is -2.34. The standard InChI is InChI=1S/C16H20N2O2/c17-13-7-5-11(6-8-13)10-18-16(19)15-9-12-3-1-2-4-14(12)20-15/h1-4,9,11,13H,5-8,10,17H2,(H,18,19). The average Bonchev–Trinajstić information content (AvgIpc) is 2.90. The summed E-state index contributed by atoms with van der Waals surface area (Å²) in [6.07, 6.45) is 4.32. The van der Waals surface area contributed by atoms with Gasteiger partial charge < -0.3 is 15.5 Å². The molecule has 0 spiro atoms. The van der Waals surface area contributed by atoms with Gasteiger partial charge in [-0.1, -0.05) is 18.2 Å². The van der Waals surface area contributed by atoms with Crippen LogP contribution in [0, 0.1) is 5.92 Å². The van der Waals surface area contributed by atoms with E-state index in [9.17, 15) is 4.79 Å². The summed E-state index contributed by atoms with van der Waals surface area (Å²) in [5.41, 5.74) is 6.64. The second-order valence-corrected chi connectivity index (χ2v) is 5.64. The van der Waals surface area contributed by atoms with Gasteiger partial charge in [-0.2, -0.15) is 0 Å². The van der Waals surface area contributed by atoms with Crippen LogP contribution in [0.3, 0.4) is 0 Å². The molecule has 106 valence electrons. The van der Waals surface area contributed by atoms with Crippen molar-refractivity contribution in [3.05, 3.63) is 36.1 Å². The molecule has 1 amide bonds. The number of nitrogens with one attached hydrogen (secondary N) is 1. The SMILES string of the molecule is NC1CCC(CNC(=O)c2cc3ccccc3o2)CC1. The number of carbonyl (C=O) groups is 1. The molecule has 0 atom stereocenters. The summed E-state index contributed by atoms with van der Waals surface area (Å²) >= 11 is 0. The summed E-state index contributed by atoms with van der Waals surface area (Å²) in [7, 11) is 0. The molecular weight excluding hydrogens is 252 g/mol. The van der Waals surface area contributed by atoms with Crippen LogP contribution in [-0.2, 0) is 0 Å². The zero-order chi connectivity index (χ0) is 13.9. The molecule has 20 heavy (non-hydrogen) atoms. The van der Waals surface area contributed by atoms with E-state index >= 15 is 0 Å². The van der Waals surface area contributed by atoms with Crippen molar-refractivity contribution < 1.29 is 9.21 Å². The number of benzene rings is 1. The third kappa shape index (κ3) is 2.85. The maximum absolute atomic E-state index is 12.1. The maximum atomic E-state index is 12.1. The molecular formula is C16H20N2O2. The van der Waals surface area contributed by atoms with Crippen LogP contribution in [0.5, 0.6) is 0 Å². The Morgan fingerprint density at radius 3 is 2.75 bits per heavy atom. The molecule has 1 aliphatic carbocycles. The van der Waals surface area contributed by atoms with Crippen LogP contribution in [0.25, 0.3) is 11.0 Å². The number of para-hydroxylation sites is 1. The van der Waals surface area contributed by atoms with Crippen molar-refractivity contribution in [1.29, 1.82) is 0 Å². The van der Waals surface area contributed by atoms with Crippen LogP contribution < -0.4 is 11.1 Å². The molecule has 0 unspecified atom stereocenters. The van der Waals surface area contributed by atoms with E-state index in [0.29, 0.717) is 24.3 Å². The summed E-state index contributed by atoms with van der Waals surface area (Å²) in [6, 6.07) is 9.79. The lowest BCUT2D eigenvalue weighted by Gasteiger charge is -2.25. The van der Waals surface area contributed by atoms with Crippen LogP contribution in [-0.4, -0.2) is 18.5 Å². The molecule has 4 heteroatoms. The molecule has 4 nitrogen and oxygen atoms in total. The molecule has 1 heterocycles. The predicted molar refractivity (Wildman–Crippen MR) is 78.5 cm³/mol. The smallest absolute Gasteiger partial charge is 0.287 e. The molecule has 0 bridgehead atoms. The Kier molecular flexibility index (Phi) is 3.74. The zero-order valence-corrected chi connectivity index (χ0v) is 11.5. The number of hydrogen-bond donors (Lipinski definition) is 2. The van der Waals surface area contributed by atoms with Crippen molar-refractivity contribution in [2.24, 2.45) is 11.7 Å². The molecule has 1 aromatic carbocycles. The van der Waals surface area contributed by atoms with Crippen molar-refractivity contribution in [3.8, 4) is 0 Å². The van der Waals surface area contributed by atoms with Gasteiger partial charge in [0, 0.05) is 18.0 Å². The zero-order valence-electron chi connectivity index (χ0n) is 11.5. The third-order valence-corrected chi connectivity index (χ3v) is 4.09. The molecule has 2 aromatic rings. The Labute approximate surface area is 118 Å².